The molecule has 1 aliphatic carbocycles. The fourth-order valence-corrected chi connectivity index (χ4v) is 1.08. The summed E-state index contributed by atoms with van der Waals surface area (Å²) in [6.45, 7) is 13.0. The van der Waals surface area contributed by atoms with Crippen molar-refractivity contribution in [2.45, 2.75) is 46.3 Å². The molecule has 0 aromatic rings. The van der Waals surface area contributed by atoms with Crippen LogP contribution in [-0.2, 0) is 0 Å². The molecule has 0 bridgehead atoms. The Hall–Kier alpha value is -0.610. The highest BCUT2D eigenvalue weighted by Crippen LogP contribution is 2.50. The van der Waals surface area contributed by atoms with Gasteiger partial charge in [-0.1, -0.05) is 38.3 Å². The summed E-state index contributed by atoms with van der Waals surface area (Å²) in [5.41, 5.74) is 3.87. The van der Waals surface area contributed by atoms with E-state index in [-0.39, 0.29) is 0 Å². The third-order valence-electron chi connectivity index (χ3n) is 3.73. The SMILES string of the molecule is C#C[C]1C=C(C)C(C)=C1C.[CH2]S(C)(C)C(C)(C)C. The molecule has 1 heteroatoms. The summed E-state index contributed by atoms with van der Waals surface area (Å²) in [4.78, 5) is 0. The molecule has 0 atom stereocenters. The van der Waals surface area contributed by atoms with Gasteiger partial charge >= 0.3 is 0 Å². The van der Waals surface area contributed by atoms with Gasteiger partial charge in [-0.3, -0.25) is 0 Å². The van der Waals surface area contributed by atoms with Gasteiger partial charge in [-0.25, -0.2) is 10.0 Å². The normalized spacial score (nSPS) is 17.9. The van der Waals surface area contributed by atoms with Crippen LogP contribution in [0.1, 0.15) is 41.5 Å². The molecule has 102 valence electrons. The number of allylic oxidation sites excluding steroid dienone is 4. The quantitative estimate of drug-likeness (QED) is 0.532. The first kappa shape index (κ1) is 17.4. The summed E-state index contributed by atoms with van der Waals surface area (Å²) in [5, 5.41) is 0. The molecule has 0 heterocycles. The lowest BCUT2D eigenvalue weighted by Crippen LogP contribution is -2.20. The molecule has 0 spiro atoms. The molecular weight excluding hydrogens is 236 g/mol. The van der Waals surface area contributed by atoms with Crippen LogP contribution in [0.5, 0.6) is 0 Å². The van der Waals surface area contributed by atoms with Gasteiger partial charge in [0.25, 0.3) is 0 Å². The predicted molar refractivity (Wildman–Crippen MR) is 88.8 cm³/mol. The van der Waals surface area contributed by atoms with Crippen LogP contribution in [0.25, 0.3) is 0 Å². The Morgan fingerprint density at radius 2 is 1.50 bits per heavy atom. The Balaban J connectivity index is 0.000000331. The smallest absolute Gasteiger partial charge is 0.0947 e. The zero-order chi connectivity index (χ0) is 14.7. The second-order valence-electron chi connectivity index (χ2n) is 6.29. The molecule has 0 aromatic carbocycles. The second-order valence-corrected chi connectivity index (χ2v) is 10.6. The maximum Gasteiger partial charge on any atom is 0.0947 e. The summed E-state index contributed by atoms with van der Waals surface area (Å²) in [6.07, 6.45) is 16.0. The van der Waals surface area contributed by atoms with Crippen molar-refractivity contribution < 1.29 is 0 Å². The molecular formula is C17H28S. The Labute approximate surface area is 116 Å². The first-order valence-corrected chi connectivity index (χ1v) is 8.79. The van der Waals surface area contributed by atoms with Gasteiger partial charge in [0.15, 0.2) is 0 Å². The fraction of sp³-hybridized carbons (Fsp3) is 0.529. The molecule has 0 unspecified atom stereocenters. The van der Waals surface area contributed by atoms with E-state index in [2.05, 4.69) is 72.3 Å². The fourth-order valence-electron chi connectivity index (χ4n) is 1.08. The molecule has 0 fully saturated rings. The first-order chi connectivity index (χ1) is 7.91. The number of hydrogen-bond donors (Lipinski definition) is 0. The van der Waals surface area contributed by atoms with Crippen LogP contribution in [0.3, 0.4) is 0 Å². The molecule has 0 aromatic heterocycles. The molecule has 0 N–H and O–H groups in total. The summed E-state index contributed by atoms with van der Waals surface area (Å²) in [6, 6.07) is 0. The number of rotatable bonds is 0. The Kier molecular flexibility index (Phi) is 5.82. The van der Waals surface area contributed by atoms with Gasteiger partial charge < -0.3 is 0 Å². The van der Waals surface area contributed by atoms with Gasteiger partial charge in [-0.05, 0) is 55.4 Å². The van der Waals surface area contributed by atoms with Gasteiger partial charge in [0.2, 0.25) is 0 Å². The maximum absolute atomic E-state index is 5.28. The zero-order valence-electron chi connectivity index (χ0n) is 13.3. The standard InChI is InChI=1S/C10H11.C7H17S/c1-5-10-6-7(2)8(3)9(10)4;1-7(2,3)8(4,5)6/h1,6H,2-4H3;4H2,1-3,5-6H3. The lowest BCUT2D eigenvalue weighted by Gasteiger charge is -2.40. The third-order valence-corrected chi connectivity index (χ3v) is 7.05. The van der Waals surface area contributed by atoms with Crippen LogP contribution in [-0.4, -0.2) is 17.3 Å². The highest BCUT2D eigenvalue weighted by Gasteiger charge is 2.22. The van der Waals surface area contributed by atoms with Crippen LogP contribution < -0.4 is 0 Å². The van der Waals surface area contributed by atoms with Crippen molar-refractivity contribution in [2.24, 2.45) is 0 Å². The topological polar surface area (TPSA) is 0 Å². The van der Waals surface area contributed by atoms with Gasteiger partial charge in [0, 0.05) is 0 Å². The third kappa shape index (κ3) is 4.58. The van der Waals surface area contributed by atoms with Gasteiger partial charge in [0.1, 0.15) is 0 Å². The Morgan fingerprint density at radius 3 is 1.61 bits per heavy atom. The van der Waals surface area contributed by atoms with Crippen molar-refractivity contribution in [1.29, 1.82) is 0 Å². The van der Waals surface area contributed by atoms with E-state index in [1.54, 1.807) is 0 Å². The molecule has 2 radical (unpaired) electrons. The van der Waals surface area contributed by atoms with Gasteiger partial charge in [0.05, 0.1) is 5.92 Å². The zero-order valence-corrected chi connectivity index (χ0v) is 14.1. The van der Waals surface area contributed by atoms with E-state index in [0.717, 1.165) is 5.92 Å². The minimum atomic E-state index is -0.590. The molecule has 0 saturated carbocycles. The van der Waals surface area contributed by atoms with E-state index in [0.29, 0.717) is 4.75 Å². The second kappa shape index (κ2) is 6.02. The molecule has 0 amide bonds. The van der Waals surface area contributed by atoms with E-state index in [9.17, 15) is 0 Å². The van der Waals surface area contributed by atoms with E-state index in [1.807, 2.05) is 0 Å². The molecule has 18 heavy (non-hydrogen) atoms. The van der Waals surface area contributed by atoms with Crippen LogP contribution in [0.2, 0.25) is 0 Å². The highest BCUT2D eigenvalue weighted by molar-refractivity contribution is 8.34. The number of terminal acetylenes is 1. The lowest BCUT2D eigenvalue weighted by molar-refractivity contribution is 0.793. The van der Waals surface area contributed by atoms with Crippen molar-refractivity contribution in [3.8, 4) is 12.3 Å². The molecule has 0 nitrogen and oxygen atoms in total. The van der Waals surface area contributed by atoms with Crippen molar-refractivity contribution in [3.05, 3.63) is 35.0 Å². The van der Waals surface area contributed by atoms with Crippen LogP contribution in [0.4, 0.5) is 0 Å². The van der Waals surface area contributed by atoms with Crippen LogP contribution in [0, 0.1) is 24.5 Å². The van der Waals surface area contributed by atoms with E-state index < -0.39 is 10.0 Å². The summed E-state index contributed by atoms with van der Waals surface area (Å²) >= 11 is 0. The average Bonchev–Trinajstić information content (AvgIpc) is 2.43. The van der Waals surface area contributed by atoms with Crippen molar-refractivity contribution >= 4 is 10.0 Å². The molecule has 1 aliphatic rings. The van der Waals surface area contributed by atoms with Crippen molar-refractivity contribution in [1.82, 2.24) is 0 Å². The Morgan fingerprint density at radius 1 is 1.11 bits per heavy atom. The predicted octanol–water partition coefficient (Wildman–Crippen LogP) is 5.13. The molecule has 0 saturated heterocycles. The summed E-state index contributed by atoms with van der Waals surface area (Å²) in [5.74, 6) is 3.69. The minimum absolute atomic E-state index is 0.410. The van der Waals surface area contributed by atoms with E-state index in [4.69, 9.17) is 6.42 Å². The minimum Gasteiger partial charge on any atom is -0.241 e. The largest absolute Gasteiger partial charge is 0.241 e. The maximum atomic E-state index is 5.28. The molecule has 0 aliphatic heterocycles. The highest BCUT2D eigenvalue weighted by atomic mass is 32.3. The van der Waals surface area contributed by atoms with E-state index in [1.165, 1.54) is 16.7 Å². The first-order valence-electron chi connectivity index (χ1n) is 6.18. The summed E-state index contributed by atoms with van der Waals surface area (Å²) < 4.78 is 0.410. The van der Waals surface area contributed by atoms with Crippen LogP contribution >= 0.6 is 10.0 Å². The monoisotopic (exact) mass is 264 g/mol. The van der Waals surface area contributed by atoms with E-state index >= 15 is 0 Å². The van der Waals surface area contributed by atoms with Crippen molar-refractivity contribution in [3.63, 3.8) is 0 Å². The van der Waals surface area contributed by atoms with Gasteiger partial charge in [-0.2, -0.15) is 0 Å². The Bertz CT molecular complexity index is 377. The van der Waals surface area contributed by atoms with Crippen molar-refractivity contribution in [2.75, 3.05) is 12.5 Å². The van der Waals surface area contributed by atoms with Crippen LogP contribution in [0.15, 0.2) is 22.8 Å². The number of hydrogen-bond acceptors (Lipinski definition) is 0. The lowest BCUT2D eigenvalue weighted by atomic mass is 10.0. The molecule has 1 rings (SSSR count). The van der Waals surface area contributed by atoms with Gasteiger partial charge in [-0.15, -0.1) is 6.42 Å². The summed E-state index contributed by atoms with van der Waals surface area (Å²) in [7, 11) is -0.590. The average molecular weight is 264 g/mol.